The van der Waals surface area contributed by atoms with E-state index in [1.54, 1.807) is 39.1 Å². The van der Waals surface area contributed by atoms with Gasteiger partial charge in [0.05, 0.1) is 48.0 Å². The maximum Gasteiger partial charge on any atom is 0.311 e. The predicted molar refractivity (Wildman–Crippen MR) is 265 cm³/mol. The van der Waals surface area contributed by atoms with Crippen LogP contribution in [-0.4, -0.2) is 164 Å². The SMILES string of the molecule is CC.CC.CC[C@@H](OC(=O)C(C)[C@@H](OC)[C@H](C)[C@@H](OC1OC(C)CC(N(C)C)[C@H]1OCCCNC(=O)CNc1ccnc2cc(Cl)ccc12)[C@](C)(O)C[C@@H](C)CNC)[C@@](C)(O)C(C)O.CO. The van der Waals surface area contributed by atoms with E-state index in [-0.39, 0.29) is 36.9 Å². The van der Waals surface area contributed by atoms with Crippen LogP contribution < -0.4 is 16.0 Å². The number of carbonyl (C=O) groups excluding carboxylic acids is 2. The van der Waals surface area contributed by atoms with Crippen molar-refractivity contribution in [2.45, 2.75) is 169 Å². The monoisotopic (exact) mass is 960 g/mol. The Morgan fingerprint density at radius 2 is 1.70 bits per heavy atom. The van der Waals surface area contributed by atoms with E-state index in [9.17, 15) is 24.9 Å². The molecule has 1 aromatic heterocycles. The van der Waals surface area contributed by atoms with Crippen LogP contribution in [0.3, 0.4) is 0 Å². The Morgan fingerprint density at radius 3 is 2.26 bits per heavy atom. The molecular formula is C49H90ClN5O11. The molecule has 1 aliphatic heterocycles. The van der Waals surface area contributed by atoms with Crippen LogP contribution in [0.25, 0.3) is 10.9 Å². The highest BCUT2D eigenvalue weighted by molar-refractivity contribution is 6.31. The third-order valence-electron chi connectivity index (χ3n) is 11.8. The summed E-state index contributed by atoms with van der Waals surface area (Å²) in [5.74, 6) is -2.16. The summed E-state index contributed by atoms with van der Waals surface area (Å²) < 4.78 is 31.8. The van der Waals surface area contributed by atoms with Crippen LogP contribution in [0.1, 0.15) is 109 Å². The van der Waals surface area contributed by atoms with Gasteiger partial charge in [-0.3, -0.25) is 14.6 Å². The van der Waals surface area contributed by atoms with Crippen LogP contribution in [0.2, 0.25) is 5.02 Å². The molecule has 0 aliphatic carbocycles. The Labute approximate surface area is 402 Å². The summed E-state index contributed by atoms with van der Waals surface area (Å²) >= 11 is 6.12. The van der Waals surface area contributed by atoms with E-state index in [0.717, 1.165) is 23.7 Å². The number of hydrogen-bond donors (Lipinski definition) is 7. The first-order valence-electron chi connectivity index (χ1n) is 23.8. The number of pyridine rings is 1. The number of carbonyl (C=O) groups is 2. The van der Waals surface area contributed by atoms with E-state index in [4.69, 9.17) is 40.4 Å². The van der Waals surface area contributed by atoms with Gasteiger partial charge in [-0.1, -0.05) is 60.1 Å². The van der Waals surface area contributed by atoms with E-state index in [0.29, 0.717) is 44.0 Å². The van der Waals surface area contributed by atoms with Gasteiger partial charge in [0.15, 0.2) is 6.29 Å². The van der Waals surface area contributed by atoms with E-state index >= 15 is 0 Å². The maximum absolute atomic E-state index is 13.7. The fourth-order valence-corrected chi connectivity index (χ4v) is 8.56. The first kappa shape index (κ1) is 63.3. The summed E-state index contributed by atoms with van der Waals surface area (Å²) in [6, 6.07) is 7.14. The average Bonchev–Trinajstić information content (AvgIpc) is 3.28. The van der Waals surface area contributed by atoms with Crippen LogP contribution in [0.4, 0.5) is 5.69 Å². The van der Waals surface area contributed by atoms with Gasteiger partial charge in [0, 0.05) is 61.6 Å². The van der Waals surface area contributed by atoms with Crippen molar-refractivity contribution in [3.63, 3.8) is 0 Å². The van der Waals surface area contributed by atoms with Crippen molar-refractivity contribution in [2.24, 2.45) is 17.8 Å². The molecule has 66 heavy (non-hydrogen) atoms. The third kappa shape index (κ3) is 19.3. The summed E-state index contributed by atoms with van der Waals surface area (Å²) in [4.78, 5) is 33.0. The quantitative estimate of drug-likeness (QED) is 0.0447. The number of amides is 1. The molecule has 1 amide bonds. The number of methoxy groups -OCH3 is 1. The second-order valence-corrected chi connectivity index (χ2v) is 17.8. The number of likely N-dealkylation sites (N-methyl/N-ethyl adjacent to an activating group) is 1. The van der Waals surface area contributed by atoms with Crippen molar-refractivity contribution < 1.29 is 53.7 Å². The van der Waals surface area contributed by atoms with E-state index in [1.165, 1.54) is 21.0 Å². The normalized spacial score (nSPS) is 22.1. The fraction of sp³-hybridized carbons (Fsp3) is 0.776. The number of ether oxygens (including phenoxy) is 5. The smallest absolute Gasteiger partial charge is 0.311 e. The summed E-state index contributed by atoms with van der Waals surface area (Å²) in [5.41, 5.74) is -1.58. The summed E-state index contributed by atoms with van der Waals surface area (Å²) in [6.45, 7) is 23.4. The Morgan fingerprint density at radius 1 is 1.06 bits per heavy atom. The fourth-order valence-electron chi connectivity index (χ4n) is 8.39. The Bertz CT molecular complexity index is 1640. The number of aliphatic hydroxyl groups excluding tert-OH is 2. The zero-order valence-corrected chi connectivity index (χ0v) is 44.1. The van der Waals surface area contributed by atoms with E-state index in [1.807, 2.05) is 81.7 Å². The molecule has 13 atom stereocenters. The summed E-state index contributed by atoms with van der Waals surface area (Å²) in [5, 5.41) is 51.3. The third-order valence-corrected chi connectivity index (χ3v) is 12.1. The molecular weight excluding hydrogens is 870 g/mol. The lowest BCUT2D eigenvalue weighted by atomic mass is 9.78. The number of benzene rings is 1. The van der Waals surface area contributed by atoms with Crippen LogP contribution in [0, 0.1) is 17.8 Å². The Balaban J connectivity index is 0.00000675. The lowest BCUT2D eigenvalue weighted by Crippen LogP contribution is -2.60. The molecule has 2 aromatic rings. The number of nitrogens with one attached hydrogen (secondary N) is 3. The molecule has 2 heterocycles. The average molecular weight is 961 g/mol. The van der Waals surface area contributed by atoms with Gasteiger partial charge in [-0.2, -0.15) is 0 Å². The molecule has 7 N–H and O–H groups in total. The first-order chi connectivity index (χ1) is 31.2. The molecule has 1 saturated heterocycles. The standard InChI is InChI=1S/C44H74ClN5O10.2C2H6.CH4O/c1-13-36(44(8,55)30(6)51)59-41(53)29(5)38(56-12)28(4)40(43(7,54)23-26(2)24-46-9)60-42-39(35(50(10)11)21-27(3)58-42)57-20-14-18-48-37(52)25-49-33-17-19-47-34-22-31(45)15-16-32(33)34;3*1-2/h15-17,19,22,26-30,35-36,38-40,42,46,51,54-55H,13-14,18,20-21,23-25H2,1-12H3,(H,47,49)(H,48,52);2*1-2H3;2H,1H3/t26-,27?,28+,29?,30?,35?,36-,38+,39-,40-,42?,43-,44+;;;/m1.../s1. The number of fused-ring (bicyclic) bond motifs is 1. The van der Waals surface area contributed by atoms with Crippen molar-refractivity contribution in [1.82, 2.24) is 20.5 Å². The molecule has 5 unspecified atom stereocenters. The van der Waals surface area contributed by atoms with Gasteiger partial charge in [0.1, 0.15) is 17.8 Å². The van der Waals surface area contributed by atoms with E-state index in [2.05, 4.69) is 25.8 Å². The highest BCUT2D eigenvalue weighted by Crippen LogP contribution is 2.37. The molecule has 0 saturated carbocycles. The van der Waals surface area contributed by atoms with Gasteiger partial charge in [0.25, 0.3) is 0 Å². The Kier molecular flexibility index (Phi) is 30.8. The topological polar surface area (TPSA) is 213 Å². The van der Waals surface area contributed by atoms with Crippen LogP contribution in [0.15, 0.2) is 30.5 Å². The summed E-state index contributed by atoms with van der Waals surface area (Å²) in [6.07, 6.45) is -1.99. The molecule has 0 spiro atoms. The second-order valence-electron chi connectivity index (χ2n) is 17.4. The second kappa shape index (κ2) is 32.1. The van der Waals surface area contributed by atoms with Gasteiger partial charge in [-0.15, -0.1) is 0 Å². The molecule has 0 bridgehead atoms. The number of nitrogens with zero attached hydrogens (tertiary/aromatic N) is 2. The maximum atomic E-state index is 13.7. The number of anilines is 1. The number of halogens is 1. The van der Waals surface area contributed by atoms with Gasteiger partial charge in [-0.05, 0) is 118 Å². The van der Waals surface area contributed by atoms with Crippen LogP contribution in [-0.2, 0) is 33.3 Å². The van der Waals surface area contributed by atoms with Gasteiger partial charge < -0.3 is 65.0 Å². The zero-order valence-electron chi connectivity index (χ0n) is 43.3. The highest BCUT2D eigenvalue weighted by atomic mass is 35.5. The lowest BCUT2D eigenvalue weighted by molar-refractivity contribution is -0.306. The number of esters is 1. The largest absolute Gasteiger partial charge is 0.459 e. The minimum atomic E-state index is -1.67. The van der Waals surface area contributed by atoms with Crippen LogP contribution >= 0.6 is 11.6 Å². The molecule has 16 nitrogen and oxygen atoms in total. The minimum Gasteiger partial charge on any atom is -0.459 e. The molecule has 1 fully saturated rings. The van der Waals surface area contributed by atoms with Crippen molar-refractivity contribution in [3.8, 4) is 0 Å². The molecule has 17 heteroatoms. The Hall–Kier alpha value is -2.74. The number of aliphatic hydroxyl groups is 4. The van der Waals surface area contributed by atoms with Crippen molar-refractivity contribution >= 4 is 40.1 Å². The molecule has 1 aliphatic rings. The zero-order chi connectivity index (χ0) is 50.9. The van der Waals surface area contributed by atoms with Crippen molar-refractivity contribution in [3.05, 3.63) is 35.5 Å². The number of rotatable bonds is 25. The van der Waals surface area contributed by atoms with Gasteiger partial charge in [-0.25, -0.2) is 0 Å². The minimum absolute atomic E-state index is 0.0565. The lowest BCUT2D eigenvalue weighted by Gasteiger charge is -2.48. The van der Waals surface area contributed by atoms with Crippen molar-refractivity contribution in [2.75, 3.05) is 66.9 Å². The first-order valence-corrected chi connectivity index (χ1v) is 24.1. The molecule has 0 radical (unpaired) electrons. The highest BCUT2D eigenvalue weighted by Gasteiger charge is 2.49. The van der Waals surface area contributed by atoms with Crippen molar-refractivity contribution in [1.29, 1.82) is 0 Å². The number of aromatic nitrogens is 1. The van der Waals surface area contributed by atoms with Gasteiger partial charge in [0.2, 0.25) is 5.91 Å². The predicted octanol–water partition coefficient (Wildman–Crippen LogP) is 6.04. The van der Waals surface area contributed by atoms with Crippen LogP contribution in [0.5, 0.6) is 0 Å². The van der Waals surface area contributed by atoms with Gasteiger partial charge >= 0.3 is 5.97 Å². The summed E-state index contributed by atoms with van der Waals surface area (Å²) in [7, 11) is 8.32. The molecule has 3 rings (SSSR count). The van der Waals surface area contributed by atoms with E-state index < -0.39 is 65.8 Å². The molecule has 1 aromatic carbocycles. The number of hydrogen-bond acceptors (Lipinski definition) is 15. The molecule has 384 valence electrons.